The smallest absolute Gasteiger partial charge is 0.338 e. The Bertz CT molecular complexity index is 1440. The van der Waals surface area contributed by atoms with E-state index in [1.165, 1.54) is 19.2 Å². The third-order valence-corrected chi connectivity index (χ3v) is 6.01. The Balaban J connectivity index is 1.56. The molecular weight excluding hydrogens is 498 g/mol. The van der Waals surface area contributed by atoms with E-state index in [9.17, 15) is 19.7 Å². The van der Waals surface area contributed by atoms with Gasteiger partial charge in [-0.3, -0.25) is 14.9 Å². The molecule has 2 atom stereocenters. The number of carbonyl (C=O) groups is 2. The molecule has 9 heteroatoms. The van der Waals surface area contributed by atoms with Gasteiger partial charge in [-0.05, 0) is 61.0 Å². The minimum Gasteiger partial charge on any atom is -0.495 e. The number of esters is 1. The predicted molar refractivity (Wildman–Crippen MR) is 148 cm³/mol. The molecule has 198 valence electrons. The first-order valence-corrected chi connectivity index (χ1v) is 12.2. The van der Waals surface area contributed by atoms with Gasteiger partial charge in [-0.25, -0.2) is 4.79 Å². The molecule has 0 fully saturated rings. The predicted octanol–water partition coefficient (Wildman–Crippen LogP) is 6.25. The summed E-state index contributed by atoms with van der Waals surface area (Å²) in [6.45, 7) is 1.83. The zero-order chi connectivity index (χ0) is 27.8. The van der Waals surface area contributed by atoms with E-state index >= 15 is 0 Å². The minimum atomic E-state index is -0.791. The molecule has 4 aromatic rings. The van der Waals surface area contributed by atoms with Gasteiger partial charge >= 0.3 is 5.97 Å². The molecule has 2 N–H and O–H groups in total. The normalized spacial score (nSPS) is 12.1. The van der Waals surface area contributed by atoms with Crippen LogP contribution in [0.25, 0.3) is 0 Å². The van der Waals surface area contributed by atoms with Crippen LogP contribution in [0.15, 0.2) is 103 Å². The van der Waals surface area contributed by atoms with Crippen LogP contribution in [0, 0.1) is 10.1 Å². The number of nitrogens with one attached hydrogen (secondary N) is 2. The van der Waals surface area contributed by atoms with Crippen molar-refractivity contribution in [2.45, 2.75) is 19.1 Å². The third-order valence-electron chi connectivity index (χ3n) is 6.01. The highest BCUT2D eigenvalue weighted by Gasteiger charge is 2.26. The van der Waals surface area contributed by atoms with Crippen molar-refractivity contribution >= 4 is 28.9 Å². The first kappa shape index (κ1) is 26.9. The second-order valence-electron chi connectivity index (χ2n) is 8.71. The highest BCUT2D eigenvalue weighted by Crippen LogP contribution is 2.32. The number of nitro groups is 1. The van der Waals surface area contributed by atoms with Crippen molar-refractivity contribution < 1.29 is 24.0 Å². The summed E-state index contributed by atoms with van der Waals surface area (Å²) in [4.78, 5) is 36.1. The Kier molecular flexibility index (Phi) is 8.53. The fourth-order valence-electron chi connectivity index (χ4n) is 4.00. The lowest BCUT2D eigenvalue weighted by molar-refractivity contribution is -0.384. The lowest BCUT2D eigenvalue weighted by atomic mass is 10.0. The number of hydrogen-bond donors (Lipinski definition) is 2. The maximum atomic E-state index is 12.9. The molecule has 1 amide bonds. The van der Waals surface area contributed by atoms with E-state index in [4.69, 9.17) is 9.47 Å². The Hall–Kier alpha value is -5.18. The van der Waals surface area contributed by atoms with Crippen LogP contribution in [0.4, 0.5) is 17.1 Å². The molecule has 0 bridgehead atoms. The van der Waals surface area contributed by atoms with Gasteiger partial charge in [0.1, 0.15) is 11.9 Å². The van der Waals surface area contributed by atoms with Gasteiger partial charge in [0.15, 0.2) is 0 Å². The van der Waals surface area contributed by atoms with E-state index in [0.717, 1.165) is 0 Å². The number of rotatable bonds is 10. The Labute approximate surface area is 225 Å². The van der Waals surface area contributed by atoms with Crippen LogP contribution in [0.2, 0.25) is 0 Å². The van der Waals surface area contributed by atoms with Crippen molar-refractivity contribution in [2.24, 2.45) is 0 Å². The summed E-state index contributed by atoms with van der Waals surface area (Å²) in [6.07, 6.45) is -0.791. The van der Waals surface area contributed by atoms with Crippen LogP contribution < -0.4 is 15.4 Å². The first-order chi connectivity index (χ1) is 18.9. The topological polar surface area (TPSA) is 120 Å². The largest absolute Gasteiger partial charge is 0.495 e. The summed E-state index contributed by atoms with van der Waals surface area (Å²) in [5.41, 5.74) is 2.57. The standard InChI is InChI=1S/C30H27N3O6/c1-20(31-26-18-15-24(19-27(26)38-2)32-29(34)22-9-5-3-6-10-22)28(21-13-16-25(17-14-21)33(36)37)39-30(35)23-11-7-4-8-12-23/h3-20,28,31H,1-2H3,(H,32,34)/t20-,28+/m1/s1. The molecule has 0 unspecified atom stereocenters. The highest BCUT2D eigenvalue weighted by atomic mass is 16.6. The number of nitro benzene ring substituents is 1. The van der Waals surface area contributed by atoms with Crippen LogP contribution >= 0.6 is 0 Å². The Morgan fingerprint density at radius 3 is 2.05 bits per heavy atom. The van der Waals surface area contributed by atoms with Gasteiger partial charge in [0.2, 0.25) is 0 Å². The van der Waals surface area contributed by atoms with E-state index in [1.54, 1.807) is 84.9 Å². The van der Waals surface area contributed by atoms with E-state index < -0.39 is 23.0 Å². The molecule has 0 aromatic heterocycles. The fraction of sp³-hybridized carbons (Fsp3) is 0.133. The van der Waals surface area contributed by atoms with Crippen molar-refractivity contribution in [3.8, 4) is 5.75 Å². The number of nitrogens with zero attached hydrogens (tertiary/aromatic N) is 1. The zero-order valence-corrected chi connectivity index (χ0v) is 21.4. The Morgan fingerprint density at radius 1 is 0.846 bits per heavy atom. The zero-order valence-electron chi connectivity index (χ0n) is 21.4. The van der Waals surface area contributed by atoms with Crippen molar-refractivity contribution in [3.05, 3.63) is 130 Å². The fourth-order valence-corrected chi connectivity index (χ4v) is 4.00. The SMILES string of the molecule is COc1cc(NC(=O)c2ccccc2)ccc1N[C@H](C)[C@H](OC(=O)c1ccccc1)c1ccc([N+](=O)[O-])cc1. The summed E-state index contributed by atoms with van der Waals surface area (Å²) in [5.74, 6) is -0.319. The van der Waals surface area contributed by atoms with Crippen molar-refractivity contribution in [3.63, 3.8) is 0 Å². The van der Waals surface area contributed by atoms with E-state index in [-0.39, 0.29) is 11.6 Å². The number of ether oxygens (including phenoxy) is 2. The number of non-ortho nitro benzene ring substituents is 1. The molecule has 0 aliphatic heterocycles. The first-order valence-electron chi connectivity index (χ1n) is 12.2. The van der Waals surface area contributed by atoms with Gasteiger partial charge in [0, 0.05) is 29.4 Å². The molecule has 0 aliphatic carbocycles. The molecule has 0 saturated heterocycles. The summed E-state index contributed by atoms with van der Waals surface area (Å²) >= 11 is 0. The molecule has 0 aliphatic rings. The Morgan fingerprint density at radius 2 is 1.46 bits per heavy atom. The van der Waals surface area contributed by atoms with E-state index in [1.807, 2.05) is 13.0 Å². The molecule has 0 saturated carbocycles. The second-order valence-corrected chi connectivity index (χ2v) is 8.71. The molecule has 0 spiro atoms. The van der Waals surface area contributed by atoms with Crippen LogP contribution in [-0.4, -0.2) is 30.0 Å². The average molecular weight is 526 g/mol. The number of anilines is 2. The number of hydrogen-bond acceptors (Lipinski definition) is 7. The van der Waals surface area contributed by atoms with Gasteiger partial charge < -0.3 is 20.1 Å². The van der Waals surface area contributed by atoms with Crippen LogP contribution in [0.3, 0.4) is 0 Å². The van der Waals surface area contributed by atoms with Gasteiger partial charge in [0.25, 0.3) is 11.6 Å². The monoisotopic (exact) mass is 525 g/mol. The van der Waals surface area contributed by atoms with Crippen molar-refractivity contribution in [1.82, 2.24) is 0 Å². The van der Waals surface area contributed by atoms with Crippen LogP contribution in [0.5, 0.6) is 5.75 Å². The quantitative estimate of drug-likeness (QED) is 0.143. The summed E-state index contributed by atoms with van der Waals surface area (Å²) < 4.78 is 11.4. The number of methoxy groups -OCH3 is 1. The maximum Gasteiger partial charge on any atom is 0.338 e. The average Bonchev–Trinajstić information content (AvgIpc) is 2.97. The highest BCUT2D eigenvalue weighted by molar-refractivity contribution is 6.04. The molecule has 39 heavy (non-hydrogen) atoms. The van der Waals surface area contributed by atoms with Crippen LogP contribution in [0.1, 0.15) is 39.3 Å². The van der Waals surface area contributed by atoms with Gasteiger partial charge in [0.05, 0.1) is 29.3 Å². The molecule has 4 rings (SSSR count). The molecular formula is C30H27N3O6. The molecule has 0 heterocycles. The van der Waals surface area contributed by atoms with E-state index in [2.05, 4.69) is 10.6 Å². The summed E-state index contributed by atoms with van der Waals surface area (Å²) in [7, 11) is 1.51. The summed E-state index contributed by atoms with van der Waals surface area (Å²) in [5, 5.41) is 17.3. The van der Waals surface area contributed by atoms with Crippen molar-refractivity contribution in [2.75, 3.05) is 17.7 Å². The minimum absolute atomic E-state index is 0.0673. The molecule has 9 nitrogen and oxygen atoms in total. The van der Waals surface area contributed by atoms with Crippen LogP contribution in [-0.2, 0) is 4.74 Å². The van der Waals surface area contributed by atoms with Crippen molar-refractivity contribution in [1.29, 1.82) is 0 Å². The lowest BCUT2D eigenvalue weighted by Crippen LogP contribution is -2.28. The number of benzene rings is 4. The lowest BCUT2D eigenvalue weighted by Gasteiger charge is -2.27. The number of amides is 1. The van der Waals surface area contributed by atoms with Gasteiger partial charge in [-0.15, -0.1) is 0 Å². The molecule has 4 aromatic carbocycles. The number of carbonyl (C=O) groups excluding carboxylic acids is 2. The summed E-state index contributed by atoms with van der Waals surface area (Å²) in [6, 6.07) is 28.0. The van der Waals surface area contributed by atoms with E-state index in [0.29, 0.717) is 33.8 Å². The van der Waals surface area contributed by atoms with Gasteiger partial charge in [-0.2, -0.15) is 0 Å². The maximum absolute atomic E-state index is 12.9. The molecule has 0 radical (unpaired) electrons. The van der Waals surface area contributed by atoms with Gasteiger partial charge in [-0.1, -0.05) is 36.4 Å². The third kappa shape index (κ3) is 6.78. The second kappa shape index (κ2) is 12.4.